The number of carbonyl (C=O) groups excluding carboxylic acids is 2. The highest BCUT2D eigenvalue weighted by atomic mass is 16.4. The van der Waals surface area contributed by atoms with Gasteiger partial charge in [-0.1, -0.05) is 20.8 Å². The zero-order valence-corrected chi connectivity index (χ0v) is 10.9. The lowest BCUT2D eigenvalue weighted by atomic mass is 9.82. The Bertz CT molecular complexity index is 338. The SMILES string of the molecule is [B]C(CC(=O)O)C(=O)N[C@@H](CN)C(=O)C(C)(C)C. The molecule has 0 aliphatic rings. The van der Waals surface area contributed by atoms with E-state index < -0.39 is 35.6 Å². The highest BCUT2D eigenvalue weighted by molar-refractivity contribution is 6.25. The van der Waals surface area contributed by atoms with Crippen molar-refractivity contribution in [2.24, 2.45) is 11.1 Å². The Labute approximate surface area is 108 Å². The van der Waals surface area contributed by atoms with E-state index in [2.05, 4.69) is 5.32 Å². The smallest absolute Gasteiger partial charge is 0.303 e. The predicted molar refractivity (Wildman–Crippen MR) is 67.2 cm³/mol. The molecule has 4 N–H and O–H groups in total. The third kappa shape index (κ3) is 5.31. The molecule has 7 heteroatoms. The third-order valence-corrected chi connectivity index (χ3v) is 2.34. The summed E-state index contributed by atoms with van der Waals surface area (Å²) in [5.74, 6) is -3.28. The van der Waals surface area contributed by atoms with E-state index in [0.29, 0.717) is 0 Å². The van der Waals surface area contributed by atoms with E-state index in [1.54, 1.807) is 20.8 Å². The average Bonchev–Trinajstić information content (AvgIpc) is 2.22. The van der Waals surface area contributed by atoms with Gasteiger partial charge in [-0.3, -0.25) is 14.4 Å². The molecular weight excluding hydrogens is 235 g/mol. The summed E-state index contributed by atoms with van der Waals surface area (Å²) < 4.78 is 0. The summed E-state index contributed by atoms with van der Waals surface area (Å²) >= 11 is 0. The maximum absolute atomic E-state index is 11.9. The van der Waals surface area contributed by atoms with Crippen LogP contribution in [0.5, 0.6) is 0 Å². The van der Waals surface area contributed by atoms with Crippen LogP contribution in [0.2, 0.25) is 5.82 Å². The first-order chi connectivity index (χ1) is 8.09. The Kier molecular flexibility index (Phi) is 6.04. The standard InChI is InChI=1S/C11H19BN2O4/c1-11(2,3)9(17)7(5-13)14-10(18)6(12)4-8(15)16/h6-7H,4-5,13H2,1-3H3,(H,14,18)(H,15,16)/t6?,7-/m0/s1. The molecule has 2 radical (unpaired) electrons. The summed E-state index contributed by atoms with van der Waals surface area (Å²) in [6.45, 7) is 5.08. The van der Waals surface area contributed by atoms with Gasteiger partial charge in [-0.15, -0.1) is 0 Å². The van der Waals surface area contributed by atoms with Crippen molar-refractivity contribution in [3.63, 3.8) is 0 Å². The Balaban J connectivity index is 4.60. The summed E-state index contributed by atoms with van der Waals surface area (Å²) in [5, 5.41) is 10.9. The van der Waals surface area contributed by atoms with Gasteiger partial charge in [0.15, 0.2) is 5.78 Å². The first-order valence-corrected chi connectivity index (χ1v) is 5.61. The second-order valence-corrected chi connectivity index (χ2v) is 5.12. The topological polar surface area (TPSA) is 109 Å². The van der Waals surface area contributed by atoms with Crippen molar-refractivity contribution < 1.29 is 19.5 Å². The van der Waals surface area contributed by atoms with Crippen molar-refractivity contribution in [2.75, 3.05) is 6.54 Å². The summed E-state index contributed by atoms with van der Waals surface area (Å²) in [5.41, 5.74) is 4.78. The normalized spacial score (nSPS) is 14.7. The van der Waals surface area contributed by atoms with Crippen molar-refractivity contribution >= 4 is 25.5 Å². The molecule has 0 aliphatic carbocycles. The number of amides is 1. The van der Waals surface area contributed by atoms with Gasteiger partial charge in [-0.2, -0.15) is 0 Å². The summed E-state index contributed by atoms with van der Waals surface area (Å²) in [4.78, 5) is 33.9. The minimum absolute atomic E-state index is 0.0539. The van der Waals surface area contributed by atoms with Crippen LogP contribution >= 0.6 is 0 Å². The Morgan fingerprint density at radius 2 is 1.83 bits per heavy atom. The van der Waals surface area contributed by atoms with Crippen LogP contribution in [0, 0.1) is 5.41 Å². The fourth-order valence-corrected chi connectivity index (χ4v) is 1.31. The van der Waals surface area contributed by atoms with Gasteiger partial charge in [0.05, 0.1) is 7.85 Å². The van der Waals surface area contributed by atoms with Crippen LogP contribution in [-0.4, -0.2) is 43.2 Å². The van der Waals surface area contributed by atoms with Crippen LogP contribution in [-0.2, 0) is 14.4 Å². The van der Waals surface area contributed by atoms with Crippen molar-refractivity contribution in [3.05, 3.63) is 0 Å². The lowest BCUT2D eigenvalue weighted by Gasteiger charge is -2.25. The number of nitrogens with two attached hydrogens (primary N) is 1. The number of carboxylic acid groups (broad SMARTS) is 1. The Morgan fingerprint density at radius 1 is 1.33 bits per heavy atom. The van der Waals surface area contributed by atoms with Crippen LogP contribution in [0.1, 0.15) is 27.2 Å². The van der Waals surface area contributed by atoms with Gasteiger partial charge in [0.2, 0.25) is 5.91 Å². The third-order valence-electron chi connectivity index (χ3n) is 2.34. The molecule has 1 unspecified atom stereocenters. The van der Waals surface area contributed by atoms with E-state index in [-0.39, 0.29) is 12.3 Å². The molecular formula is C11H19BN2O4. The van der Waals surface area contributed by atoms with Crippen LogP contribution in [0.3, 0.4) is 0 Å². The fourth-order valence-electron chi connectivity index (χ4n) is 1.31. The van der Waals surface area contributed by atoms with E-state index >= 15 is 0 Å². The first-order valence-electron chi connectivity index (χ1n) is 5.61. The molecule has 0 heterocycles. The van der Waals surface area contributed by atoms with Crippen molar-refractivity contribution in [3.8, 4) is 0 Å². The van der Waals surface area contributed by atoms with E-state index in [0.717, 1.165) is 0 Å². The molecule has 18 heavy (non-hydrogen) atoms. The Morgan fingerprint density at radius 3 is 2.17 bits per heavy atom. The lowest BCUT2D eigenvalue weighted by Crippen LogP contribution is -2.50. The van der Waals surface area contributed by atoms with Gasteiger partial charge in [-0.25, -0.2) is 0 Å². The maximum Gasteiger partial charge on any atom is 0.303 e. The van der Waals surface area contributed by atoms with Crippen molar-refractivity contribution in [2.45, 2.75) is 39.1 Å². The number of hydrogen-bond acceptors (Lipinski definition) is 4. The van der Waals surface area contributed by atoms with Gasteiger partial charge in [-0.05, 0) is 0 Å². The van der Waals surface area contributed by atoms with Crippen LogP contribution in [0.4, 0.5) is 0 Å². The van der Waals surface area contributed by atoms with E-state index in [1.807, 2.05) is 0 Å². The van der Waals surface area contributed by atoms with E-state index in [9.17, 15) is 14.4 Å². The zero-order chi connectivity index (χ0) is 14.5. The van der Waals surface area contributed by atoms with Crippen LogP contribution in [0.15, 0.2) is 0 Å². The number of aliphatic carboxylic acids is 1. The van der Waals surface area contributed by atoms with Gasteiger partial charge >= 0.3 is 5.97 Å². The molecule has 0 bridgehead atoms. The monoisotopic (exact) mass is 254 g/mol. The van der Waals surface area contributed by atoms with Gasteiger partial charge in [0, 0.05) is 24.2 Å². The second-order valence-electron chi connectivity index (χ2n) is 5.12. The van der Waals surface area contributed by atoms with E-state index in [1.165, 1.54) is 0 Å². The minimum Gasteiger partial charge on any atom is -0.481 e. The highest BCUT2D eigenvalue weighted by Gasteiger charge is 2.30. The number of ketones is 1. The minimum atomic E-state index is -1.19. The number of carbonyl (C=O) groups is 3. The first kappa shape index (κ1) is 16.6. The molecule has 2 atom stereocenters. The molecule has 0 aliphatic heterocycles. The molecule has 100 valence electrons. The number of nitrogens with one attached hydrogen (secondary N) is 1. The molecule has 1 amide bonds. The zero-order valence-electron chi connectivity index (χ0n) is 10.9. The number of rotatable bonds is 6. The maximum atomic E-state index is 11.9. The second kappa shape index (κ2) is 6.54. The summed E-state index contributed by atoms with van der Waals surface area (Å²) in [6.07, 6.45) is -0.493. The number of Topliss-reactive ketones (excluding diaryl/α,β-unsaturated/α-hetero) is 1. The molecule has 0 aromatic rings. The Hall–Kier alpha value is -1.37. The highest BCUT2D eigenvalue weighted by Crippen LogP contribution is 2.17. The lowest BCUT2D eigenvalue weighted by molar-refractivity contribution is -0.139. The van der Waals surface area contributed by atoms with Crippen LogP contribution in [0.25, 0.3) is 0 Å². The molecule has 0 fully saturated rings. The predicted octanol–water partition coefficient (Wildman–Crippen LogP) is -0.523. The van der Waals surface area contributed by atoms with Gasteiger partial charge in [0.25, 0.3) is 0 Å². The molecule has 0 rings (SSSR count). The van der Waals surface area contributed by atoms with E-state index in [4.69, 9.17) is 18.7 Å². The largest absolute Gasteiger partial charge is 0.481 e. The molecule has 0 aromatic heterocycles. The van der Waals surface area contributed by atoms with Crippen molar-refractivity contribution in [1.29, 1.82) is 0 Å². The average molecular weight is 254 g/mol. The van der Waals surface area contributed by atoms with Gasteiger partial charge < -0.3 is 16.2 Å². The molecule has 0 saturated carbocycles. The number of carboxylic acids is 1. The number of hydrogen-bond donors (Lipinski definition) is 3. The molecule has 0 spiro atoms. The van der Waals surface area contributed by atoms with Crippen LogP contribution < -0.4 is 11.1 Å². The van der Waals surface area contributed by atoms with Gasteiger partial charge in [0.1, 0.15) is 6.04 Å². The quantitative estimate of drug-likeness (QED) is 0.552. The summed E-state index contributed by atoms with van der Waals surface area (Å²) in [7, 11) is 5.39. The molecule has 0 aromatic carbocycles. The van der Waals surface area contributed by atoms with Crippen molar-refractivity contribution in [1.82, 2.24) is 5.32 Å². The summed E-state index contributed by atoms with van der Waals surface area (Å²) in [6, 6.07) is -0.850. The fraction of sp³-hybridized carbons (Fsp3) is 0.727. The molecule has 6 nitrogen and oxygen atoms in total. The molecule has 0 saturated heterocycles.